The Kier molecular flexibility index (Phi) is 4.35. The van der Waals surface area contributed by atoms with Crippen molar-refractivity contribution in [3.63, 3.8) is 0 Å². The number of nitrogens with zero attached hydrogens (tertiary/aromatic N) is 3. The zero-order valence-electron chi connectivity index (χ0n) is 14.9. The Labute approximate surface area is 161 Å². The highest BCUT2D eigenvalue weighted by Gasteiger charge is 2.43. The van der Waals surface area contributed by atoms with Gasteiger partial charge in [0.05, 0.1) is 12.2 Å². The van der Waals surface area contributed by atoms with Crippen LogP contribution in [0.3, 0.4) is 0 Å². The molecular weight excluding hydrogens is 381 g/mol. The highest BCUT2D eigenvalue weighted by molar-refractivity contribution is 7.90. The molecule has 28 heavy (non-hydrogen) atoms. The number of anilines is 2. The van der Waals surface area contributed by atoms with Gasteiger partial charge in [0, 0.05) is 6.20 Å². The van der Waals surface area contributed by atoms with Gasteiger partial charge in [-0.15, -0.1) is 0 Å². The van der Waals surface area contributed by atoms with Crippen LogP contribution in [0, 0.1) is 12.7 Å². The smallest absolute Gasteiger partial charge is 0.246 e. The van der Waals surface area contributed by atoms with Crippen LogP contribution in [0.2, 0.25) is 0 Å². The maximum absolute atomic E-state index is 13.6. The van der Waals surface area contributed by atoms with E-state index in [2.05, 4.69) is 4.98 Å². The van der Waals surface area contributed by atoms with Crippen LogP contribution in [-0.4, -0.2) is 23.7 Å². The summed E-state index contributed by atoms with van der Waals surface area (Å²) in [4.78, 5) is 18.5. The molecule has 0 saturated carbocycles. The van der Waals surface area contributed by atoms with Gasteiger partial charge in [0.25, 0.3) is 10.0 Å². The van der Waals surface area contributed by atoms with Crippen molar-refractivity contribution in [1.82, 2.24) is 9.29 Å². The molecule has 1 aromatic heterocycles. The van der Waals surface area contributed by atoms with E-state index in [1.807, 2.05) is 19.1 Å². The van der Waals surface area contributed by atoms with E-state index in [0.717, 1.165) is 9.87 Å². The number of benzene rings is 2. The monoisotopic (exact) mass is 397 g/mol. The number of halogens is 1. The molecule has 2 aromatic carbocycles. The molecule has 2 amide bonds. The normalized spacial score (nSPS) is 15.4. The van der Waals surface area contributed by atoms with Crippen molar-refractivity contribution in [1.29, 1.82) is 0 Å². The summed E-state index contributed by atoms with van der Waals surface area (Å²) in [5.41, 5.74) is 1.86. The van der Waals surface area contributed by atoms with Crippen molar-refractivity contribution in [3.8, 4) is 0 Å². The second-order valence-corrected chi connectivity index (χ2v) is 8.25. The molecule has 0 atom stereocenters. The molecule has 0 unspecified atom stereocenters. The Morgan fingerprint density at radius 2 is 1.79 bits per heavy atom. The lowest BCUT2D eigenvalue weighted by atomic mass is 10.2. The maximum Gasteiger partial charge on any atom is 0.344 e. The Morgan fingerprint density at radius 3 is 2.50 bits per heavy atom. The van der Waals surface area contributed by atoms with Crippen LogP contribution in [-0.2, 0) is 16.6 Å². The van der Waals surface area contributed by atoms with Crippen molar-refractivity contribution in [2.45, 2.75) is 18.4 Å². The molecule has 4 rings (SSSR count). The van der Waals surface area contributed by atoms with Gasteiger partial charge in [-0.05, 0) is 48.9 Å². The molecule has 0 fully saturated rings. The largest absolute Gasteiger partial charge is 0.344 e. The zero-order valence-corrected chi connectivity index (χ0v) is 15.7. The van der Waals surface area contributed by atoms with Crippen LogP contribution in [0.5, 0.6) is 0 Å². The number of pyridine rings is 1. The molecule has 0 bridgehead atoms. The van der Waals surface area contributed by atoms with E-state index in [0.29, 0.717) is 11.3 Å². The first-order valence-electron chi connectivity index (χ1n) is 8.51. The average Bonchev–Trinajstić information content (AvgIpc) is 2.67. The number of hydrogen-bond acceptors (Lipinski definition) is 4. The molecule has 0 aliphatic carbocycles. The van der Waals surface area contributed by atoms with Gasteiger partial charge in [0.1, 0.15) is 10.7 Å². The molecular formula is C20H16FN3O3S. The second kappa shape index (κ2) is 6.72. The number of urea groups is 1. The first-order chi connectivity index (χ1) is 13.4. The molecule has 6 nitrogen and oxygen atoms in total. The molecule has 0 radical (unpaired) electrons. The standard InChI is InChI=1S/C20H16FN3O3S/c1-14-7-9-17(10-8-14)24-19-18(6-3-11-22-19)28(26,27)23(20(24)25)13-15-4-2-5-16(21)12-15/h2-12H,13H2,1H3. The summed E-state index contributed by atoms with van der Waals surface area (Å²) in [7, 11) is -4.13. The van der Waals surface area contributed by atoms with Gasteiger partial charge in [0.2, 0.25) is 0 Å². The molecule has 3 aromatic rings. The number of aryl methyl sites for hydroxylation is 1. The van der Waals surface area contributed by atoms with Gasteiger partial charge in [-0.3, -0.25) is 0 Å². The fourth-order valence-corrected chi connectivity index (χ4v) is 4.52. The van der Waals surface area contributed by atoms with Crippen molar-refractivity contribution < 1.29 is 17.6 Å². The second-order valence-electron chi connectivity index (χ2n) is 6.42. The summed E-state index contributed by atoms with van der Waals surface area (Å²) < 4.78 is 40.5. The van der Waals surface area contributed by atoms with Gasteiger partial charge in [-0.2, -0.15) is 0 Å². The third-order valence-corrected chi connectivity index (χ3v) is 6.18. The summed E-state index contributed by atoms with van der Waals surface area (Å²) in [6.45, 7) is 1.63. The van der Waals surface area contributed by atoms with E-state index in [1.165, 1.54) is 41.4 Å². The first kappa shape index (κ1) is 18.1. The number of rotatable bonds is 3. The summed E-state index contributed by atoms with van der Waals surface area (Å²) >= 11 is 0. The van der Waals surface area contributed by atoms with E-state index >= 15 is 0 Å². The zero-order chi connectivity index (χ0) is 19.9. The minimum absolute atomic E-state index is 0.0480. The molecule has 8 heteroatoms. The van der Waals surface area contributed by atoms with Crippen molar-refractivity contribution >= 4 is 27.6 Å². The number of hydrogen-bond donors (Lipinski definition) is 0. The number of carbonyl (C=O) groups is 1. The summed E-state index contributed by atoms with van der Waals surface area (Å²) in [5, 5.41) is 0. The van der Waals surface area contributed by atoms with Gasteiger partial charge in [0.15, 0.2) is 5.82 Å². The molecule has 1 aliphatic heterocycles. The lowest BCUT2D eigenvalue weighted by Crippen LogP contribution is -2.48. The van der Waals surface area contributed by atoms with Crippen LogP contribution >= 0.6 is 0 Å². The predicted molar refractivity (Wildman–Crippen MR) is 102 cm³/mol. The summed E-state index contributed by atoms with van der Waals surface area (Å²) in [6.07, 6.45) is 1.44. The minimum Gasteiger partial charge on any atom is -0.246 e. The fourth-order valence-electron chi connectivity index (χ4n) is 3.06. The van der Waals surface area contributed by atoms with Gasteiger partial charge in [-0.25, -0.2) is 31.8 Å². The minimum atomic E-state index is -4.13. The summed E-state index contributed by atoms with van der Waals surface area (Å²) in [5.74, 6) is -0.455. The lowest BCUT2D eigenvalue weighted by Gasteiger charge is -2.35. The quantitative estimate of drug-likeness (QED) is 0.670. The van der Waals surface area contributed by atoms with Crippen LogP contribution in [0.1, 0.15) is 11.1 Å². The fraction of sp³-hybridized carbons (Fsp3) is 0.100. The molecule has 0 N–H and O–H groups in total. The molecule has 0 spiro atoms. The Balaban J connectivity index is 1.86. The van der Waals surface area contributed by atoms with Gasteiger partial charge in [-0.1, -0.05) is 29.8 Å². The van der Waals surface area contributed by atoms with Crippen molar-refractivity contribution in [3.05, 3.63) is 83.8 Å². The molecule has 1 aliphatic rings. The number of fused-ring (bicyclic) bond motifs is 1. The SMILES string of the molecule is Cc1ccc(N2C(=O)N(Cc3cccc(F)c3)S(=O)(=O)c3cccnc32)cc1. The maximum atomic E-state index is 13.6. The third-order valence-electron chi connectivity index (χ3n) is 4.44. The van der Waals surface area contributed by atoms with Crippen LogP contribution in [0.15, 0.2) is 71.8 Å². The van der Waals surface area contributed by atoms with Crippen LogP contribution in [0.4, 0.5) is 20.7 Å². The predicted octanol–water partition coefficient (Wildman–Crippen LogP) is 3.99. The van der Waals surface area contributed by atoms with Crippen molar-refractivity contribution in [2.75, 3.05) is 4.90 Å². The Hall–Kier alpha value is -3.26. The van der Waals surface area contributed by atoms with E-state index in [4.69, 9.17) is 0 Å². The van der Waals surface area contributed by atoms with Crippen LogP contribution < -0.4 is 4.90 Å². The number of sulfonamides is 1. The Bertz CT molecular complexity index is 1160. The first-order valence-corrected chi connectivity index (χ1v) is 9.95. The highest BCUT2D eigenvalue weighted by atomic mass is 32.2. The van der Waals surface area contributed by atoms with Gasteiger partial charge >= 0.3 is 6.03 Å². The van der Waals surface area contributed by atoms with Crippen LogP contribution in [0.25, 0.3) is 0 Å². The lowest BCUT2D eigenvalue weighted by molar-refractivity contribution is 0.229. The summed E-state index contributed by atoms with van der Waals surface area (Å²) in [6, 6.07) is 14.7. The van der Waals surface area contributed by atoms with E-state index in [-0.39, 0.29) is 17.3 Å². The van der Waals surface area contributed by atoms with E-state index in [9.17, 15) is 17.6 Å². The number of carbonyl (C=O) groups excluding carboxylic acids is 1. The number of amides is 2. The van der Waals surface area contributed by atoms with E-state index in [1.54, 1.807) is 18.2 Å². The Morgan fingerprint density at radius 1 is 1.04 bits per heavy atom. The average molecular weight is 397 g/mol. The van der Waals surface area contributed by atoms with Crippen molar-refractivity contribution in [2.24, 2.45) is 0 Å². The molecule has 2 heterocycles. The number of aromatic nitrogens is 1. The molecule has 142 valence electrons. The third kappa shape index (κ3) is 3.01. The molecule has 0 saturated heterocycles. The topological polar surface area (TPSA) is 70.6 Å². The van der Waals surface area contributed by atoms with E-state index < -0.39 is 21.9 Å². The highest BCUT2D eigenvalue weighted by Crippen LogP contribution is 2.38. The van der Waals surface area contributed by atoms with Gasteiger partial charge < -0.3 is 0 Å².